The van der Waals surface area contributed by atoms with E-state index in [-0.39, 0.29) is 30.6 Å². The Kier molecular flexibility index (Phi) is 5.68. The third-order valence-electron chi connectivity index (χ3n) is 3.73. The number of hydrogen-bond acceptors (Lipinski definition) is 2. The van der Waals surface area contributed by atoms with Gasteiger partial charge in [-0.15, -0.1) is 0 Å². The smallest absolute Gasteiger partial charge is 0.226 e. The minimum Gasteiger partial charge on any atom is -0.326 e. The quantitative estimate of drug-likeness (QED) is 0.907. The van der Waals surface area contributed by atoms with Crippen LogP contribution >= 0.6 is 0 Å². The molecule has 2 aromatic rings. The Morgan fingerprint density at radius 1 is 1.08 bits per heavy atom. The van der Waals surface area contributed by atoms with Gasteiger partial charge in [-0.3, -0.25) is 9.59 Å². The molecule has 0 aliphatic rings. The molecule has 0 aliphatic carbocycles. The Bertz CT molecular complexity index is 742. The highest BCUT2D eigenvalue weighted by Crippen LogP contribution is 2.22. The molecule has 0 aromatic heterocycles. The molecule has 0 aliphatic heterocycles. The van der Waals surface area contributed by atoms with E-state index >= 15 is 0 Å². The van der Waals surface area contributed by atoms with E-state index < -0.39 is 0 Å². The van der Waals surface area contributed by atoms with Crippen molar-refractivity contribution in [2.45, 2.75) is 27.2 Å². The molecule has 0 atom stereocenters. The van der Waals surface area contributed by atoms with Crippen molar-refractivity contribution in [1.29, 1.82) is 0 Å². The highest BCUT2D eigenvalue weighted by Gasteiger charge is 2.15. The first-order chi connectivity index (χ1) is 11.4. The molecule has 0 saturated carbocycles. The predicted molar refractivity (Wildman–Crippen MR) is 93.6 cm³/mol. The highest BCUT2D eigenvalue weighted by atomic mass is 19.1. The Labute approximate surface area is 141 Å². The first kappa shape index (κ1) is 17.7. The summed E-state index contributed by atoms with van der Waals surface area (Å²) in [7, 11) is 0. The molecule has 2 rings (SSSR count). The van der Waals surface area contributed by atoms with Gasteiger partial charge in [-0.25, -0.2) is 4.39 Å². The molecular formula is C19H21FN2O2. The summed E-state index contributed by atoms with van der Waals surface area (Å²) in [5, 5.41) is 2.70. The maximum absolute atomic E-state index is 12.9. The molecule has 1 N–H and O–H groups in total. The molecule has 0 heterocycles. The van der Waals surface area contributed by atoms with Crippen LogP contribution in [0.1, 0.15) is 24.5 Å². The van der Waals surface area contributed by atoms with Crippen LogP contribution in [0.5, 0.6) is 0 Å². The van der Waals surface area contributed by atoms with E-state index in [4.69, 9.17) is 0 Å². The normalized spacial score (nSPS) is 10.3. The molecular weight excluding hydrogens is 307 g/mol. The molecule has 2 aromatic carbocycles. The fourth-order valence-corrected chi connectivity index (χ4v) is 2.43. The minimum absolute atomic E-state index is 0.113. The maximum atomic E-state index is 12.9. The van der Waals surface area contributed by atoms with E-state index in [9.17, 15) is 14.0 Å². The zero-order valence-electron chi connectivity index (χ0n) is 14.1. The van der Waals surface area contributed by atoms with Gasteiger partial charge in [0.1, 0.15) is 5.82 Å². The first-order valence-electron chi connectivity index (χ1n) is 7.77. The van der Waals surface area contributed by atoms with Gasteiger partial charge in [0.25, 0.3) is 0 Å². The number of amides is 2. The van der Waals surface area contributed by atoms with Crippen LogP contribution in [0.15, 0.2) is 42.5 Å². The van der Waals surface area contributed by atoms with Gasteiger partial charge < -0.3 is 10.2 Å². The Morgan fingerprint density at radius 2 is 1.75 bits per heavy atom. The summed E-state index contributed by atoms with van der Waals surface area (Å²) in [6.45, 7) is 5.66. The number of nitrogens with one attached hydrogen (secondary N) is 1. The van der Waals surface area contributed by atoms with Gasteiger partial charge in [0.15, 0.2) is 0 Å². The monoisotopic (exact) mass is 328 g/mol. The van der Waals surface area contributed by atoms with Crippen molar-refractivity contribution in [3.05, 3.63) is 59.4 Å². The molecule has 0 spiro atoms. The van der Waals surface area contributed by atoms with Crippen molar-refractivity contribution in [2.75, 3.05) is 16.8 Å². The fourth-order valence-electron chi connectivity index (χ4n) is 2.43. The summed E-state index contributed by atoms with van der Waals surface area (Å²) in [6, 6.07) is 11.5. The second-order valence-electron chi connectivity index (χ2n) is 5.77. The van der Waals surface area contributed by atoms with Gasteiger partial charge in [-0.2, -0.15) is 0 Å². The van der Waals surface area contributed by atoms with Crippen molar-refractivity contribution < 1.29 is 14.0 Å². The third kappa shape index (κ3) is 4.65. The number of benzene rings is 2. The zero-order chi connectivity index (χ0) is 17.7. The van der Waals surface area contributed by atoms with Crippen LogP contribution in [-0.2, 0) is 9.59 Å². The van der Waals surface area contributed by atoms with E-state index in [2.05, 4.69) is 5.32 Å². The van der Waals surface area contributed by atoms with E-state index in [1.165, 1.54) is 31.2 Å². The number of halogens is 1. The lowest BCUT2D eigenvalue weighted by atomic mass is 10.1. The minimum atomic E-state index is -0.356. The van der Waals surface area contributed by atoms with Gasteiger partial charge >= 0.3 is 0 Å². The predicted octanol–water partition coefficient (Wildman–Crippen LogP) is 3.82. The fraction of sp³-hybridized carbons (Fsp3) is 0.263. The van der Waals surface area contributed by atoms with Crippen LogP contribution in [0, 0.1) is 19.7 Å². The van der Waals surface area contributed by atoms with Crippen LogP contribution < -0.4 is 10.2 Å². The van der Waals surface area contributed by atoms with E-state index in [0.29, 0.717) is 5.69 Å². The summed E-state index contributed by atoms with van der Waals surface area (Å²) in [4.78, 5) is 25.6. The summed E-state index contributed by atoms with van der Waals surface area (Å²) in [5.41, 5.74) is 3.38. The van der Waals surface area contributed by atoms with Crippen LogP contribution in [0.4, 0.5) is 15.8 Å². The van der Waals surface area contributed by atoms with Crippen molar-refractivity contribution in [3.8, 4) is 0 Å². The SMILES string of the molecule is CC(=O)N(CCC(=O)Nc1ccc(F)cc1)c1cc(C)ccc1C. The molecule has 2 amide bonds. The summed E-state index contributed by atoms with van der Waals surface area (Å²) >= 11 is 0. The lowest BCUT2D eigenvalue weighted by Gasteiger charge is -2.23. The largest absolute Gasteiger partial charge is 0.326 e. The van der Waals surface area contributed by atoms with Gasteiger partial charge in [-0.05, 0) is 55.3 Å². The van der Waals surface area contributed by atoms with Crippen molar-refractivity contribution >= 4 is 23.2 Å². The molecule has 126 valence electrons. The molecule has 5 heteroatoms. The number of carbonyl (C=O) groups excluding carboxylic acids is 2. The van der Waals surface area contributed by atoms with E-state index in [0.717, 1.165) is 16.8 Å². The van der Waals surface area contributed by atoms with Gasteiger partial charge in [-0.1, -0.05) is 12.1 Å². The molecule has 24 heavy (non-hydrogen) atoms. The second kappa shape index (κ2) is 7.73. The number of anilines is 2. The number of carbonyl (C=O) groups is 2. The van der Waals surface area contributed by atoms with Crippen LogP contribution in [0.3, 0.4) is 0 Å². The van der Waals surface area contributed by atoms with Crippen LogP contribution in [-0.4, -0.2) is 18.4 Å². The molecule has 0 fully saturated rings. The number of aryl methyl sites for hydroxylation is 2. The van der Waals surface area contributed by atoms with Gasteiger partial charge in [0, 0.05) is 31.3 Å². The third-order valence-corrected chi connectivity index (χ3v) is 3.73. The zero-order valence-corrected chi connectivity index (χ0v) is 14.1. The van der Waals surface area contributed by atoms with E-state index in [1.807, 2.05) is 32.0 Å². The van der Waals surface area contributed by atoms with E-state index in [1.54, 1.807) is 4.90 Å². The topological polar surface area (TPSA) is 49.4 Å². The summed E-state index contributed by atoms with van der Waals surface area (Å²) < 4.78 is 12.9. The average Bonchev–Trinajstić information content (AvgIpc) is 2.52. The van der Waals surface area contributed by atoms with Crippen LogP contribution in [0.25, 0.3) is 0 Å². The number of rotatable bonds is 5. The number of nitrogens with zero attached hydrogens (tertiary/aromatic N) is 1. The lowest BCUT2D eigenvalue weighted by Crippen LogP contribution is -2.32. The summed E-state index contributed by atoms with van der Waals surface area (Å²) in [6.07, 6.45) is 0.157. The van der Waals surface area contributed by atoms with Crippen molar-refractivity contribution in [2.24, 2.45) is 0 Å². The maximum Gasteiger partial charge on any atom is 0.226 e. The first-order valence-corrected chi connectivity index (χ1v) is 7.77. The molecule has 0 radical (unpaired) electrons. The Balaban J connectivity index is 2.03. The van der Waals surface area contributed by atoms with Gasteiger partial charge in [0.05, 0.1) is 0 Å². The molecule has 4 nitrogen and oxygen atoms in total. The van der Waals surface area contributed by atoms with Crippen LogP contribution in [0.2, 0.25) is 0 Å². The number of hydrogen-bond donors (Lipinski definition) is 1. The Morgan fingerprint density at radius 3 is 2.38 bits per heavy atom. The lowest BCUT2D eigenvalue weighted by molar-refractivity contribution is -0.117. The summed E-state index contributed by atoms with van der Waals surface area (Å²) in [5.74, 6) is -0.692. The highest BCUT2D eigenvalue weighted by molar-refractivity contribution is 5.95. The Hall–Kier alpha value is -2.69. The second-order valence-corrected chi connectivity index (χ2v) is 5.77. The van der Waals surface area contributed by atoms with Crippen molar-refractivity contribution in [1.82, 2.24) is 0 Å². The van der Waals surface area contributed by atoms with Crippen molar-refractivity contribution in [3.63, 3.8) is 0 Å². The van der Waals surface area contributed by atoms with Gasteiger partial charge in [0.2, 0.25) is 11.8 Å². The molecule has 0 saturated heterocycles. The standard InChI is InChI=1S/C19H21FN2O2/c1-13-4-5-14(2)18(12-13)22(15(3)23)11-10-19(24)21-17-8-6-16(20)7-9-17/h4-9,12H,10-11H2,1-3H3,(H,21,24). The molecule has 0 bridgehead atoms. The molecule has 0 unspecified atom stereocenters. The average molecular weight is 328 g/mol.